The molecule has 0 aliphatic carbocycles. The minimum absolute atomic E-state index is 0.0464. The maximum absolute atomic E-state index is 14.0. The number of benzene rings is 2. The van der Waals surface area contributed by atoms with Gasteiger partial charge in [0.2, 0.25) is 5.91 Å². The van der Waals surface area contributed by atoms with Crippen molar-refractivity contribution < 1.29 is 14.7 Å². The zero-order chi connectivity index (χ0) is 27.5. The average molecular weight is 506 g/mol. The zero-order valence-corrected chi connectivity index (χ0v) is 22.9. The molecule has 198 valence electrons. The maximum atomic E-state index is 14.0. The van der Waals surface area contributed by atoms with E-state index in [2.05, 4.69) is 10.6 Å². The number of rotatable bonds is 8. The van der Waals surface area contributed by atoms with Crippen LogP contribution in [-0.4, -0.2) is 21.7 Å². The number of carboxylic acid groups (broad SMARTS) is 1. The number of aromatic nitrogens is 1. The molecule has 2 aromatic carbocycles. The Labute approximate surface area is 218 Å². The van der Waals surface area contributed by atoms with Gasteiger partial charge in [0.15, 0.2) is 0 Å². The van der Waals surface area contributed by atoms with Crippen LogP contribution in [-0.2, 0) is 17.9 Å². The summed E-state index contributed by atoms with van der Waals surface area (Å²) >= 11 is 0. The van der Waals surface area contributed by atoms with Gasteiger partial charge in [-0.2, -0.15) is 0 Å². The molecule has 1 unspecified atom stereocenters. The van der Waals surface area contributed by atoms with E-state index >= 15 is 0 Å². The Morgan fingerprint density at radius 1 is 0.973 bits per heavy atom. The van der Waals surface area contributed by atoms with E-state index in [9.17, 15) is 19.5 Å². The molecule has 1 heterocycles. The van der Waals surface area contributed by atoms with Crippen molar-refractivity contribution in [2.75, 3.05) is 0 Å². The van der Waals surface area contributed by atoms with Gasteiger partial charge in [-0.25, -0.2) is 4.79 Å². The number of fused-ring (bicyclic) bond motifs is 1. The van der Waals surface area contributed by atoms with E-state index in [-0.39, 0.29) is 23.3 Å². The molecule has 3 N–H and O–H groups in total. The van der Waals surface area contributed by atoms with Crippen molar-refractivity contribution in [3.63, 3.8) is 0 Å². The lowest BCUT2D eigenvalue weighted by molar-refractivity contribution is -0.124. The molecule has 7 nitrogen and oxygen atoms in total. The fourth-order valence-corrected chi connectivity index (χ4v) is 4.59. The Morgan fingerprint density at radius 2 is 1.62 bits per heavy atom. The second-order valence-corrected chi connectivity index (χ2v) is 11.4. The summed E-state index contributed by atoms with van der Waals surface area (Å²) in [5.41, 5.74) is 2.55. The summed E-state index contributed by atoms with van der Waals surface area (Å²) in [5, 5.41) is 16.8. The Bertz CT molecular complexity index is 1330. The van der Waals surface area contributed by atoms with Gasteiger partial charge in [-0.1, -0.05) is 84.9 Å². The summed E-state index contributed by atoms with van der Waals surface area (Å²) in [6, 6.07) is 14.8. The second kappa shape index (κ2) is 11.2. The normalized spacial score (nSPS) is 12.7. The zero-order valence-electron chi connectivity index (χ0n) is 22.9. The van der Waals surface area contributed by atoms with Gasteiger partial charge < -0.3 is 20.3 Å². The molecule has 1 atom stereocenters. The van der Waals surface area contributed by atoms with Crippen molar-refractivity contribution in [3.05, 3.63) is 70.1 Å². The quantitative estimate of drug-likeness (QED) is 0.352. The average Bonchev–Trinajstić information content (AvgIpc) is 2.82. The van der Waals surface area contributed by atoms with Crippen LogP contribution < -0.4 is 16.2 Å². The Hall–Kier alpha value is -3.61. The summed E-state index contributed by atoms with van der Waals surface area (Å²) in [4.78, 5) is 38.1. The van der Waals surface area contributed by atoms with Crippen LogP contribution in [0.5, 0.6) is 0 Å². The van der Waals surface area contributed by atoms with E-state index in [1.165, 1.54) is 0 Å². The van der Waals surface area contributed by atoms with E-state index in [0.29, 0.717) is 24.2 Å². The van der Waals surface area contributed by atoms with Crippen LogP contribution in [0.2, 0.25) is 0 Å². The largest absolute Gasteiger partial charge is 0.465 e. The smallest absolute Gasteiger partial charge is 0.405 e. The predicted molar refractivity (Wildman–Crippen MR) is 149 cm³/mol. The van der Waals surface area contributed by atoms with Gasteiger partial charge in [-0.3, -0.25) is 9.59 Å². The van der Waals surface area contributed by atoms with Gasteiger partial charge in [0.05, 0.1) is 11.7 Å². The van der Waals surface area contributed by atoms with E-state index in [4.69, 9.17) is 0 Å². The van der Waals surface area contributed by atoms with Crippen molar-refractivity contribution in [2.24, 2.45) is 17.3 Å². The first-order valence-electron chi connectivity index (χ1n) is 12.8. The second-order valence-electron chi connectivity index (χ2n) is 11.4. The number of nitrogens with one attached hydrogen (secondary N) is 2. The van der Waals surface area contributed by atoms with Crippen molar-refractivity contribution in [2.45, 2.75) is 67.6 Å². The molecule has 37 heavy (non-hydrogen) atoms. The third-order valence-electron chi connectivity index (χ3n) is 6.38. The third kappa shape index (κ3) is 6.40. The lowest BCUT2D eigenvalue weighted by Gasteiger charge is -2.35. The summed E-state index contributed by atoms with van der Waals surface area (Å²) in [5.74, 6) is -0.0202. The molecule has 0 saturated carbocycles. The summed E-state index contributed by atoms with van der Waals surface area (Å²) in [7, 11) is 0. The molecular weight excluding hydrogens is 466 g/mol. The fraction of sp³-hybridized carbons (Fsp3) is 0.433. The van der Waals surface area contributed by atoms with Gasteiger partial charge in [0.1, 0.15) is 0 Å². The number of hydrogen-bond donors (Lipinski definition) is 3. The molecule has 0 radical (unpaired) electrons. The number of pyridine rings is 1. The molecule has 0 aliphatic rings. The highest BCUT2D eigenvalue weighted by atomic mass is 16.4. The van der Waals surface area contributed by atoms with Crippen molar-refractivity contribution in [3.8, 4) is 11.1 Å². The molecule has 3 rings (SSSR count). The molecule has 2 amide bonds. The summed E-state index contributed by atoms with van der Waals surface area (Å²) in [6.07, 6.45) is -1.15. The molecule has 3 aromatic rings. The number of nitrogens with zero attached hydrogens (tertiary/aromatic N) is 1. The highest BCUT2D eigenvalue weighted by molar-refractivity contribution is 5.98. The molecular formula is C30H39N3O4. The first-order chi connectivity index (χ1) is 17.3. The Morgan fingerprint density at radius 3 is 2.16 bits per heavy atom. The number of carbonyl (C=O) groups excluding carboxylic acids is 1. The molecule has 0 fully saturated rings. The van der Waals surface area contributed by atoms with Crippen LogP contribution >= 0.6 is 0 Å². The van der Waals surface area contributed by atoms with Crippen molar-refractivity contribution >= 4 is 22.8 Å². The van der Waals surface area contributed by atoms with E-state index < -0.39 is 17.6 Å². The summed E-state index contributed by atoms with van der Waals surface area (Å²) < 4.78 is 1.75. The van der Waals surface area contributed by atoms with E-state index in [0.717, 1.165) is 22.1 Å². The summed E-state index contributed by atoms with van der Waals surface area (Å²) in [6.45, 7) is 14.5. The molecule has 7 heteroatoms. The van der Waals surface area contributed by atoms with Crippen LogP contribution in [0.25, 0.3) is 21.9 Å². The molecule has 0 bridgehead atoms. The van der Waals surface area contributed by atoms with Gasteiger partial charge in [0.25, 0.3) is 5.56 Å². The van der Waals surface area contributed by atoms with Gasteiger partial charge in [-0.15, -0.1) is 0 Å². The van der Waals surface area contributed by atoms with Gasteiger partial charge in [-0.05, 0) is 40.0 Å². The fourth-order valence-electron chi connectivity index (χ4n) is 4.59. The van der Waals surface area contributed by atoms with Gasteiger partial charge in [0, 0.05) is 30.0 Å². The van der Waals surface area contributed by atoms with E-state index in [1.807, 2.05) is 97.0 Å². The Balaban J connectivity index is 2.45. The van der Waals surface area contributed by atoms with Crippen molar-refractivity contribution in [1.29, 1.82) is 0 Å². The maximum Gasteiger partial charge on any atom is 0.405 e. The number of carbonyl (C=O) groups is 2. The van der Waals surface area contributed by atoms with Gasteiger partial charge >= 0.3 is 6.09 Å². The lowest BCUT2D eigenvalue weighted by atomic mass is 9.80. The van der Waals surface area contributed by atoms with E-state index in [1.54, 1.807) is 4.57 Å². The lowest BCUT2D eigenvalue weighted by Crippen LogP contribution is -2.40. The topological polar surface area (TPSA) is 100 Å². The molecule has 1 aromatic heterocycles. The minimum atomic E-state index is -1.15. The SMILES string of the molecule is CC(C)Cn1c(C(NC(=O)O)C(C)(C)C)c(-c2ccccc2)c2cc(CNC(=O)C(C)C)ccc2c1=O. The van der Waals surface area contributed by atoms with Crippen LogP contribution in [0.3, 0.4) is 0 Å². The molecule has 0 aliphatic heterocycles. The molecule has 0 saturated heterocycles. The van der Waals surface area contributed by atoms with Crippen LogP contribution in [0, 0.1) is 17.3 Å². The Kier molecular flexibility index (Phi) is 8.46. The molecule has 0 spiro atoms. The predicted octanol–water partition coefficient (Wildman–Crippen LogP) is 5.95. The van der Waals surface area contributed by atoms with Crippen LogP contribution in [0.4, 0.5) is 4.79 Å². The number of amides is 2. The first kappa shape index (κ1) is 28.0. The minimum Gasteiger partial charge on any atom is -0.465 e. The van der Waals surface area contributed by atoms with Crippen LogP contribution in [0.15, 0.2) is 53.3 Å². The standard InChI is InChI=1S/C30H39N3O4/c1-18(2)17-33-25(26(30(5,6)7)32-29(36)37)24(21-11-9-8-10-12-21)23-15-20(13-14-22(23)28(33)35)16-31-27(34)19(3)4/h8-15,18-19,26,32H,16-17H2,1-7H3,(H,31,34)(H,36,37). The monoisotopic (exact) mass is 505 g/mol. The highest BCUT2D eigenvalue weighted by Gasteiger charge is 2.34. The van der Waals surface area contributed by atoms with Crippen molar-refractivity contribution in [1.82, 2.24) is 15.2 Å². The number of hydrogen-bond acceptors (Lipinski definition) is 3. The first-order valence-corrected chi connectivity index (χ1v) is 12.8. The highest BCUT2D eigenvalue weighted by Crippen LogP contribution is 2.41. The third-order valence-corrected chi connectivity index (χ3v) is 6.38. The van der Waals surface area contributed by atoms with Crippen LogP contribution in [0.1, 0.15) is 65.8 Å².